The van der Waals surface area contributed by atoms with Crippen molar-refractivity contribution >= 4 is 15.5 Å². The van der Waals surface area contributed by atoms with E-state index >= 15 is 0 Å². The molecule has 0 aliphatic rings. The molecule has 5 nitrogen and oxygen atoms in total. The summed E-state index contributed by atoms with van der Waals surface area (Å²) in [5.41, 5.74) is 0.241. The van der Waals surface area contributed by atoms with E-state index in [-0.39, 0.29) is 18.1 Å². The van der Waals surface area contributed by atoms with Crippen LogP contribution in [0.4, 0.5) is 5.69 Å². The van der Waals surface area contributed by atoms with E-state index in [4.69, 9.17) is 0 Å². The van der Waals surface area contributed by atoms with Gasteiger partial charge in [0.05, 0.1) is 18.1 Å². The molecular formula is C13H21NO4S. The molecule has 1 rings (SSSR count). The Morgan fingerprint density at radius 2 is 1.63 bits per heavy atom. The minimum Gasteiger partial charge on any atom is -0.396 e. The van der Waals surface area contributed by atoms with E-state index in [1.165, 1.54) is 6.26 Å². The molecule has 0 radical (unpaired) electrons. The smallest absolute Gasteiger partial charge is 0.175 e. The summed E-state index contributed by atoms with van der Waals surface area (Å²) in [5, 5.41) is 18.5. The number of sulfone groups is 1. The van der Waals surface area contributed by atoms with Crippen LogP contribution in [-0.2, 0) is 9.84 Å². The largest absolute Gasteiger partial charge is 0.396 e. The van der Waals surface area contributed by atoms with Gasteiger partial charge in [-0.3, -0.25) is 0 Å². The van der Waals surface area contributed by atoms with E-state index in [2.05, 4.69) is 0 Å². The van der Waals surface area contributed by atoms with Crippen LogP contribution in [0.5, 0.6) is 0 Å². The van der Waals surface area contributed by atoms with Gasteiger partial charge in [-0.15, -0.1) is 0 Å². The van der Waals surface area contributed by atoms with Gasteiger partial charge < -0.3 is 15.1 Å². The molecule has 6 heteroatoms. The van der Waals surface area contributed by atoms with E-state index in [0.717, 1.165) is 5.69 Å². The second-order valence-electron chi connectivity index (χ2n) is 5.25. The first-order chi connectivity index (χ1) is 8.72. The van der Waals surface area contributed by atoms with Gasteiger partial charge in [0.1, 0.15) is 0 Å². The molecule has 0 aliphatic heterocycles. The van der Waals surface area contributed by atoms with E-state index in [1.54, 1.807) is 31.2 Å². The van der Waals surface area contributed by atoms with Gasteiger partial charge in [-0.05, 0) is 24.3 Å². The van der Waals surface area contributed by atoms with Crippen LogP contribution in [0.1, 0.15) is 6.92 Å². The molecule has 0 atom stereocenters. The van der Waals surface area contributed by atoms with Crippen molar-refractivity contribution in [2.75, 3.05) is 38.0 Å². The lowest BCUT2D eigenvalue weighted by molar-refractivity contribution is 0.0763. The van der Waals surface area contributed by atoms with Crippen LogP contribution in [-0.4, -0.2) is 51.7 Å². The van der Waals surface area contributed by atoms with Crippen molar-refractivity contribution < 1.29 is 18.6 Å². The summed E-state index contributed by atoms with van der Waals surface area (Å²) in [4.78, 5) is 2.15. The van der Waals surface area contributed by atoms with Gasteiger partial charge in [0.25, 0.3) is 0 Å². The fourth-order valence-corrected chi connectivity index (χ4v) is 2.39. The normalized spacial score (nSPS) is 12.5. The van der Waals surface area contributed by atoms with Gasteiger partial charge in [0, 0.05) is 31.0 Å². The summed E-state index contributed by atoms with van der Waals surface area (Å²) in [6.45, 7) is 2.02. The Morgan fingerprint density at radius 3 is 2.00 bits per heavy atom. The second-order valence-corrected chi connectivity index (χ2v) is 7.26. The van der Waals surface area contributed by atoms with Crippen molar-refractivity contribution in [1.82, 2.24) is 0 Å². The Hall–Kier alpha value is -1.11. The maximum atomic E-state index is 11.4. The Bertz CT molecular complexity index is 506. The van der Waals surface area contributed by atoms with Crippen molar-refractivity contribution in [1.29, 1.82) is 0 Å². The molecule has 0 spiro atoms. The molecule has 1 aromatic rings. The van der Waals surface area contributed by atoms with Crippen molar-refractivity contribution in [2.24, 2.45) is 5.41 Å². The third-order valence-electron chi connectivity index (χ3n) is 3.09. The molecule has 0 saturated heterocycles. The number of rotatable bonds is 6. The summed E-state index contributed by atoms with van der Waals surface area (Å²) in [7, 11) is -1.36. The van der Waals surface area contributed by atoms with Crippen LogP contribution in [0.3, 0.4) is 0 Å². The molecule has 0 bridgehead atoms. The minimum atomic E-state index is -3.19. The predicted octanol–water partition coefficient (Wildman–Crippen LogP) is 0.517. The highest BCUT2D eigenvalue weighted by Gasteiger charge is 2.24. The highest BCUT2D eigenvalue weighted by atomic mass is 32.2. The van der Waals surface area contributed by atoms with Crippen LogP contribution < -0.4 is 4.90 Å². The van der Waals surface area contributed by atoms with E-state index in [0.29, 0.717) is 6.54 Å². The number of benzene rings is 1. The van der Waals surface area contributed by atoms with E-state index in [9.17, 15) is 18.6 Å². The first kappa shape index (κ1) is 15.9. The maximum absolute atomic E-state index is 11.4. The lowest BCUT2D eigenvalue weighted by Gasteiger charge is -2.31. The number of aliphatic hydroxyl groups excluding tert-OH is 2. The van der Waals surface area contributed by atoms with Crippen molar-refractivity contribution in [3.05, 3.63) is 24.3 Å². The Labute approximate surface area is 114 Å². The molecule has 0 saturated carbocycles. The van der Waals surface area contributed by atoms with Gasteiger partial charge in [-0.2, -0.15) is 0 Å². The first-order valence-corrected chi connectivity index (χ1v) is 7.84. The molecule has 108 valence electrons. The molecular weight excluding hydrogens is 266 g/mol. The zero-order valence-electron chi connectivity index (χ0n) is 11.5. The topological polar surface area (TPSA) is 77.8 Å². The molecule has 2 N–H and O–H groups in total. The summed E-state index contributed by atoms with van der Waals surface area (Å²) in [5.74, 6) is 0. The summed E-state index contributed by atoms with van der Waals surface area (Å²) in [6.07, 6.45) is 1.17. The van der Waals surface area contributed by atoms with Gasteiger partial charge in [-0.25, -0.2) is 8.42 Å². The lowest BCUT2D eigenvalue weighted by Crippen LogP contribution is -2.39. The number of aliphatic hydroxyl groups is 2. The van der Waals surface area contributed by atoms with Gasteiger partial charge in [0.15, 0.2) is 9.84 Å². The predicted molar refractivity (Wildman–Crippen MR) is 75.1 cm³/mol. The van der Waals surface area contributed by atoms with Crippen LogP contribution in [0, 0.1) is 5.41 Å². The van der Waals surface area contributed by atoms with Gasteiger partial charge in [0.2, 0.25) is 0 Å². The fourth-order valence-electron chi connectivity index (χ4n) is 1.76. The molecule has 0 aromatic heterocycles. The SMILES string of the molecule is CN(CC(C)(CO)CO)c1ccc(S(C)(=O)=O)cc1. The number of hydrogen-bond donors (Lipinski definition) is 2. The van der Waals surface area contributed by atoms with Crippen molar-refractivity contribution in [2.45, 2.75) is 11.8 Å². The molecule has 0 amide bonds. The molecule has 1 aromatic carbocycles. The molecule has 19 heavy (non-hydrogen) atoms. The van der Waals surface area contributed by atoms with E-state index < -0.39 is 15.3 Å². The van der Waals surface area contributed by atoms with Crippen molar-refractivity contribution in [3.63, 3.8) is 0 Å². The fraction of sp³-hybridized carbons (Fsp3) is 0.538. The average molecular weight is 287 g/mol. The maximum Gasteiger partial charge on any atom is 0.175 e. The van der Waals surface area contributed by atoms with Crippen LogP contribution in [0.15, 0.2) is 29.2 Å². The summed E-state index contributed by atoms with van der Waals surface area (Å²) < 4.78 is 22.7. The van der Waals surface area contributed by atoms with Crippen LogP contribution in [0.2, 0.25) is 0 Å². The Morgan fingerprint density at radius 1 is 1.16 bits per heavy atom. The number of anilines is 1. The highest BCUT2D eigenvalue weighted by molar-refractivity contribution is 7.90. The third kappa shape index (κ3) is 4.19. The molecule has 0 fully saturated rings. The highest BCUT2D eigenvalue weighted by Crippen LogP contribution is 2.22. The quantitative estimate of drug-likeness (QED) is 0.797. The lowest BCUT2D eigenvalue weighted by atomic mass is 9.92. The third-order valence-corrected chi connectivity index (χ3v) is 4.22. The molecule has 0 aliphatic carbocycles. The van der Waals surface area contributed by atoms with Crippen LogP contribution in [0.25, 0.3) is 0 Å². The first-order valence-electron chi connectivity index (χ1n) is 5.95. The van der Waals surface area contributed by atoms with Gasteiger partial charge in [-0.1, -0.05) is 6.92 Å². The standard InChI is InChI=1S/C13H21NO4S/c1-13(9-15,10-16)8-14(2)11-4-6-12(7-5-11)19(3,17)18/h4-7,15-16H,8-10H2,1-3H3. The van der Waals surface area contributed by atoms with Gasteiger partial charge >= 0.3 is 0 Å². The molecule has 0 heterocycles. The monoisotopic (exact) mass is 287 g/mol. The summed E-state index contributed by atoms with van der Waals surface area (Å²) in [6, 6.07) is 6.53. The molecule has 0 unspecified atom stereocenters. The minimum absolute atomic E-state index is 0.116. The van der Waals surface area contributed by atoms with Crippen LogP contribution >= 0.6 is 0 Å². The van der Waals surface area contributed by atoms with Crippen molar-refractivity contribution in [3.8, 4) is 0 Å². The Balaban J connectivity index is 2.87. The zero-order chi connectivity index (χ0) is 14.7. The second kappa shape index (κ2) is 5.90. The number of hydrogen-bond acceptors (Lipinski definition) is 5. The van der Waals surface area contributed by atoms with E-state index in [1.807, 2.05) is 11.9 Å². The zero-order valence-corrected chi connectivity index (χ0v) is 12.3. The summed E-state index contributed by atoms with van der Waals surface area (Å²) >= 11 is 0. The average Bonchev–Trinajstić information content (AvgIpc) is 2.37. The Kier molecular flexibility index (Phi) is 4.95. The number of nitrogens with zero attached hydrogens (tertiary/aromatic N) is 1.